The van der Waals surface area contributed by atoms with E-state index in [0.29, 0.717) is 18.0 Å². The van der Waals surface area contributed by atoms with Crippen molar-refractivity contribution in [2.75, 3.05) is 36.8 Å². The van der Waals surface area contributed by atoms with Crippen molar-refractivity contribution in [3.8, 4) is 11.3 Å². The molecule has 0 radical (unpaired) electrons. The van der Waals surface area contributed by atoms with E-state index in [1.165, 1.54) is 5.56 Å². The fourth-order valence-corrected chi connectivity index (χ4v) is 4.65. The highest BCUT2D eigenvalue weighted by Gasteiger charge is 2.22. The van der Waals surface area contributed by atoms with Crippen LogP contribution in [-0.2, 0) is 6.54 Å². The highest BCUT2D eigenvalue weighted by molar-refractivity contribution is 5.73. The summed E-state index contributed by atoms with van der Waals surface area (Å²) in [5.74, 6) is 1.47. The molecule has 180 valence electrons. The number of nitrogens with zero attached hydrogens (tertiary/aromatic N) is 4. The Bertz CT molecular complexity index is 868. The Morgan fingerprint density at radius 3 is 2.73 bits per heavy atom. The van der Waals surface area contributed by atoms with Crippen molar-refractivity contribution in [1.82, 2.24) is 25.2 Å². The lowest BCUT2D eigenvalue weighted by Crippen LogP contribution is -2.48. The van der Waals surface area contributed by atoms with Crippen molar-refractivity contribution >= 4 is 11.8 Å². The first-order valence-electron chi connectivity index (χ1n) is 12.6. The van der Waals surface area contributed by atoms with Crippen molar-refractivity contribution in [1.29, 1.82) is 0 Å². The van der Waals surface area contributed by atoms with Crippen molar-refractivity contribution in [3.63, 3.8) is 0 Å². The average molecular weight is 454 g/mol. The van der Waals surface area contributed by atoms with Gasteiger partial charge in [-0.3, -0.25) is 9.88 Å². The predicted octanol–water partition coefficient (Wildman–Crippen LogP) is 3.26. The van der Waals surface area contributed by atoms with Crippen LogP contribution in [-0.4, -0.2) is 69.3 Å². The summed E-state index contributed by atoms with van der Waals surface area (Å²) in [4.78, 5) is 16.6. The molecule has 0 bridgehead atoms. The number of anilines is 2. The molecule has 2 aromatic rings. The number of pyridine rings is 1. The molecular weight excluding hydrogens is 414 g/mol. The molecule has 8 heteroatoms. The van der Waals surface area contributed by atoms with Gasteiger partial charge in [-0.1, -0.05) is 19.4 Å². The summed E-state index contributed by atoms with van der Waals surface area (Å²) in [7, 11) is 0. The molecule has 1 saturated carbocycles. The van der Waals surface area contributed by atoms with Gasteiger partial charge in [-0.15, -0.1) is 0 Å². The number of rotatable bonds is 9. The minimum atomic E-state index is -0.174. The second-order valence-corrected chi connectivity index (χ2v) is 9.53. The Morgan fingerprint density at radius 1 is 1.15 bits per heavy atom. The number of aliphatic hydroxyl groups excluding tert-OH is 1. The molecule has 1 saturated heterocycles. The van der Waals surface area contributed by atoms with Crippen LogP contribution < -0.4 is 16.0 Å². The molecule has 2 aromatic heterocycles. The minimum absolute atomic E-state index is 0.174. The maximum atomic E-state index is 9.87. The molecule has 1 aliphatic heterocycles. The number of aromatic nitrogens is 3. The third kappa shape index (κ3) is 6.85. The van der Waals surface area contributed by atoms with E-state index in [2.05, 4.69) is 51.8 Å². The van der Waals surface area contributed by atoms with Crippen LogP contribution in [0.4, 0.5) is 11.8 Å². The topological polar surface area (TPSA) is 98.2 Å². The van der Waals surface area contributed by atoms with Gasteiger partial charge in [-0.05, 0) is 50.7 Å². The average Bonchev–Trinajstić information content (AvgIpc) is 2.82. The third-order valence-corrected chi connectivity index (χ3v) is 6.60. The summed E-state index contributed by atoms with van der Waals surface area (Å²) in [6.45, 7) is 9.36. The van der Waals surface area contributed by atoms with E-state index in [-0.39, 0.29) is 6.10 Å². The lowest BCUT2D eigenvalue weighted by Gasteiger charge is -2.31. The van der Waals surface area contributed by atoms with Gasteiger partial charge in [-0.2, -0.15) is 4.98 Å². The SMILES string of the molecule is CCCCNc1ncc(-c2ccc(CN3CCNC(C)C3)cn2)c(NC2CCC(O)CC2)n1. The second-order valence-electron chi connectivity index (χ2n) is 9.53. The van der Waals surface area contributed by atoms with E-state index in [0.717, 1.165) is 88.3 Å². The lowest BCUT2D eigenvalue weighted by molar-refractivity contribution is 0.126. The van der Waals surface area contributed by atoms with Crippen LogP contribution in [0.15, 0.2) is 24.5 Å². The molecule has 1 unspecified atom stereocenters. The summed E-state index contributed by atoms with van der Waals surface area (Å²) >= 11 is 0. The quantitative estimate of drug-likeness (QED) is 0.430. The lowest BCUT2D eigenvalue weighted by atomic mass is 9.93. The number of nitrogens with one attached hydrogen (secondary N) is 3. The van der Waals surface area contributed by atoms with Crippen LogP contribution in [0.25, 0.3) is 11.3 Å². The van der Waals surface area contributed by atoms with Gasteiger partial charge >= 0.3 is 0 Å². The van der Waals surface area contributed by atoms with Crippen LogP contribution in [0.1, 0.15) is 57.9 Å². The van der Waals surface area contributed by atoms with Gasteiger partial charge in [-0.25, -0.2) is 4.98 Å². The van der Waals surface area contributed by atoms with Gasteiger partial charge in [0.05, 0.1) is 17.4 Å². The molecule has 33 heavy (non-hydrogen) atoms. The van der Waals surface area contributed by atoms with Crippen LogP contribution in [0.5, 0.6) is 0 Å². The first-order valence-corrected chi connectivity index (χ1v) is 12.6. The highest BCUT2D eigenvalue weighted by Crippen LogP contribution is 2.29. The molecule has 4 rings (SSSR count). The summed E-state index contributed by atoms with van der Waals surface area (Å²) in [6.07, 6.45) is 9.45. The van der Waals surface area contributed by atoms with Crippen LogP contribution >= 0.6 is 0 Å². The van der Waals surface area contributed by atoms with Gasteiger partial charge in [0.25, 0.3) is 0 Å². The van der Waals surface area contributed by atoms with Gasteiger partial charge in [0.1, 0.15) is 5.82 Å². The zero-order valence-electron chi connectivity index (χ0n) is 20.1. The smallest absolute Gasteiger partial charge is 0.224 e. The third-order valence-electron chi connectivity index (χ3n) is 6.60. The van der Waals surface area contributed by atoms with E-state index in [9.17, 15) is 5.11 Å². The van der Waals surface area contributed by atoms with Gasteiger partial charge in [0, 0.05) is 57.2 Å². The molecule has 3 heterocycles. The van der Waals surface area contributed by atoms with Gasteiger partial charge in [0.15, 0.2) is 0 Å². The molecule has 1 atom stereocenters. The molecule has 4 N–H and O–H groups in total. The Labute approximate surface area is 197 Å². The van der Waals surface area contributed by atoms with Crippen LogP contribution in [0.2, 0.25) is 0 Å². The normalized spacial score (nSPS) is 23.9. The molecule has 1 aliphatic carbocycles. The van der Waals surface area contributed by atoms with E-state index >= 15 is 0 Å². The Hall–Kier alpha value is -2.29. The maximum absolute atomic E-state index is 9.87. The Balaban J connectivity index is 1.49. The van der Waals surface area contributed by atoms with Crippen molar-refractivity contribution in [2.24, 2.45) is 0 Å². The zero-order valence-corrected chi connectivity index (χ0v) is 20.1. The fourth-order valence-electron chi connectivity index (χ4n) is 4.65. The van der Waals surface area contributed by atoms with Crippen LogP contribution in [0, 0.1) is 0 Å². The molecule has 0 spiro atoms. The second kappa shape index (κ2) is 11.7. The monoisotopic (exact) mass is 453 g/mol. The summed E-state index contributed by atoms with van der Waals surface area (Å²) in [5, 5.41) is 20.3. The number of unbranched alkanes of at least 4 members (excludes halogenated alkanes) is 1. The minimum Gasteiger partial charge on any atom is -0.393 e. The molecule has 0 amide bonds. The van der Waals surface area contributed by atoms with Crippen molar-refractivity contribution in [2.45, 2.75) is 77.1 Å². The number of piperazine rings is 1. The number of hydrogen-bond donors (Lipinski definition) is 4. The molecular formula is C25H39N7O. The highest BCUT2D eigenvalue weighted by atomic mass is 16.3. The molecule has 8 nitrogen and oxygen atoms in total. The van der Waals surface area contributed by atoms with E-state index in [1.807, 2.05) is 12.4 Å². The summed E-state index contributed by atoms with van der Waals surface area (Å²) in [5.41, 5.74) is 3.03. The molecule has 2 aliphatic rings. The van der Waals surface area contributed by atoms with Crippen LogP contribution in [0.3, 0.4) is 0 Å². The van der Waals surface area contributed by atoms with E-state index < -0.39 is 0 Å². The predicted molar refractivity (Wildman–Crippen MR) is 133 cm³/mol. The summed E-state index contributed by atoms with van der Waals surface area (Å²) in [6, 6.07) is 5.09. The van der Waals surface area contributed by atoms with E-state index in [1.54, 1.807) is 0 Å². The van der Waals surface area contributed by atoms with Gasteiger partial charge in [0.2, 0.25) is 5.95 Å². The standard InChI is InChI=1S/C25H39N7O/c1-3-4-11-27-25-29-15-22(24(31-25)30-20-6-8-21(33)9-7-20)23-10-5-19(14-28-23)17-32-13-12-26-18(2)16-32/h5,10,14-15,18,20-21,26,33H,3-4,6-9,11-13,16-17H2,1-2H3,(H2,27,29,30,31). The Morgan fingerprint density at radius 2 is 2.00 bits per heavy atom. The number of aliphatic hydroxyl groups is 1. The Kier molecular flexibility index (Phi) is 8.47. The number of hydrogen-bond acceptors (Lipinski definition) is 8. The largest absolute Gasteiger partial charge is 0.393 e. The summed E-state index contributed by atoms with van der Waals surface area (Å²) < 4.78 is 0. The van der Waals surface area contributed by atoms with Crippen molar-refractivity contribution < 1.29 is 5.11 Å². The first kappa shape index (κ1) is 23.9. The van der Waals surface area contributed by atoms with Gasteiger partial charge < -0.3 is 21.1 Å². The van der Waals surface area contributed by atoms with E-state index in [4.69, 9.17) is 9.97 Å². The van der Waals surface area contributed by atoms with Crippen molar-refractivity contribution in [3.05, 3.63) is 30.1 Å². The maximum Gasteiger partial charge on any atom is 0.224 e. The molecule has 0 aromatic carbocycles. The zero-order chi connectivity index (χ0) is 23.0. The fraction of sp³-hybridized carbons (Fsp3) is 0.640. The molecule has 2 fully saturated rings. The first-order chi connectivity index (χ1) is 16.1.